The topological polar surface area (TPSA) is 91.3 Å². The van der Waals surface area contributed by atoms with Crippen LogP contribution in [0.4, 0.5) is 0 Å². The van der Waals surface area contributed by atoms with Crippen molar-refractivity contribution in [2.75, 3.05) is 54.1 Å². The van der Waals surface area contributed by atoms with Crippen molar-refractivity contribution < 1.29 is 37.3 Å². The minimum Gasteiger partial charge on any atom is -0.457 e. The monoisotopic (exact) mass is 663 g/mol. The quantitative estimate of drug-likeness (QED) is 0.0241. The summed E-state index contributed by atoms with van der Waals surface area (Å²) in [5.41, 5.74) is 0. The van der Waals surface area contributed by atoms with Gasteiger partial charge in [0.15, 0.2) is 0 Å². The van der Waals surface area contributed by atoms with Crippen molar-refractivity contribution in [1.29, 1.82) is 0 Å². The number of phosphoric acid groups is 1. The first-order valence-corrected chi connectivity index (χ1v) is 19.9. The molecule has 2 unspecified atom stereocenters. The summed E-state index contributed by atoms with van der Waals surface area (Å²) in [6, 6.07) is 0. The molecule has 2 atom stereocenters. The molecule has 0 heterocycles. The second kappa shape index (κ2) is 30.6. The summed E-state index contributed by atoms with van der Waals surface area (Å²) in [6.07, 6.45) is 29.6. The molecule has 0 saturated heterocycles. The average molecular weight is 663 g/mol. The first kappa shape index (κ1) is 44.2. The second-order valence-corrected chi connectivity index (χ2v) is 15.1. The van der Waals surface area contributed by atoms with Crippen LogP contribution in [0.2, 0.25) is 0 Å². The number of ether oxygens (including phenoxy) is 2. The fraction of sp³-hybridized carbons (Fsp3) is 0.917. The zero-order valence-corrected chi connectivity index (χ0v) is 31.0. The molecular weight excluding hydrogens is 589 g/mol. The summed E-state index contributed by atoms with van der Waals surface area (Å²) in [7, 11) is 1.66. The van der Waals surface area contributed by atoms with Gasteiger partial charge in [-0.15, -0.1) is 0 Å². The highest BCUT2D eigenvalue weighted by molar-refractivity contribution is 7.47. The van der Waals surface area contributed by atoms with Crippen molar-refractivity contribution >= 4 is 13.8 Å². The van der Waals surface area contributed by atoms with Crippen LogP contribution < -0.4 is 0 Å². The largest absolute Gasteiger partial charge is 0.472 e. The van der Waals surface area contributed by atoms with Gasteiger partial charge in [-0.05, 0) is 38.5 Å². The van der Waals surface area contributed by atoms with Crippen molar-refractivity contribution in [2.45, 2.75) is 161 Å². The van der Waals surface area contributed by atoms with E-state index in [0.29, 0.717) is 24.1 Å². The summed E-state index contributed by atoms with van der Waals surface area (Å²) >= 11 is 0. The minimum atomic E-state index is -4.26. The molecule has 0 aromatic heterocycles. The first-order chi connectivity index (χ1) is 21.6. The molecule has 0 aliphatic carbocycles. The van der Waals surface area contributed by atoms with Gasteiger partial charge in [-0.3, -0.25) is 13.8 Å². The molecule has 0 aromatic rings. The fourth-order valence-corrected chi connectivity index (χ4v) is 5.64. The molecule has 0 spiro atoms. The van der Waals surface area contributed by atoms with E-state index in [-0.39, 0.29) is 25.8 Å². The van der Waals surface area contributed by atoms with Gasteiger partial charge < -0.3 is 18.9 Å². The van der Waals surface area contributed by atoms with Gasteiger partial charge in [0.2, 0.25) is 0 Å². The van der Waals surface area contributed by atoms with Crippen LogP contribution in [0.1, 0.15) is 155 Å². The number of unbranched alkanes of at least 4 members (excludes halogenated alkanes) is 18. The van der Waals surface area contributed by atoms with Gasteiger partial charge in [0, 0.05) is 13.0 Å². The first-order valence-electron chi connectivity index (χ1n) is 18.4. The molecule has 9 heteroatoms. The lowest BCUT2D eigenvalue weighted by Gasteiger charge is -2.24. The van der Waals surface area contributed by atoms with Gasteiger partial charge in [-0.2, -0.15) is 0 Å². The second-order valence-electron chi connectivity index (χ2n) is 13.6. The number of likely N-dealkylation sites (N-methyl/N-ethyl adjacent to an activating group) is 1. The Morgan fingerprint density at radius 2 is 1.16 bits per heavy atom. The van der Waals surface area contributed by atoms with Gasteiger partial charge in [0.25, 0.3) is 0 Å². The molecule has 0 saturated carbocycles. The van der Waals surface area contributed by atoms with Crippen LogP contribution in [0, 0.1) is 0 Å². The third-order valence-electron chi connectivity index (χ3n) is 7.83. The predicted molar refractivity (Wildman–Crippen MR) is 187 cm³/mol. The van der Waals surface area contributed by atoms with Crippen LogP contribution in [-0.2, 0) is 27.9 Å². The zero-order valence-electron chi connectivity index (χ0n) is 30.1. The maximum Gasteiger partial charge on any atom is 0.472 e. The molecule has 8 nitrogen and oxygen atoms in total. The Labute approximate surface area is 278 Å². The molecule has 0 aromatic carbocycles. The number of nitrogens with zero attached hydrogens (tertiary/aromatic N) is 1. The van der Waals surface area contributed by atoms with E-state index in [9.17, 15) is 14.3 Å². The Morgan fingerprint density at radius 3 is 1.69 bits per heavy atom. The molecule has 0 rings (SSSR count). The number of allylic oxidation sites excluding steroid dienone is 2. The number of carbonyl (C=O) groups is 1. The SMILES string of the molecule is CCCCCCCCC/C=C\CCCCCCCC(=O)OC(COCCCCCCCCC)COP(=O)(O)OCC[N+](C)(C)C. The van der Waals surface area contributed by atoms with E-state index in [0.717, 1.165) is 38.5 Å². The van der Waals surface area contributed by atoms with E-state index in [1.165, 1.54) is 96.3 Å². The fourth-order valence-electron chi connectivity index (χ4n) is 4.90. The number of esters is 1. The number of phosphoric ester groups is 1. The number of hydrogen-bond donors (Lipinski definition) is 1. The van der Waals surface area contributed by atoms with Crippen molar-refractivity contribution in [3.8, 4) is 0 Å². The molecule has 268 valence electrons. The average Bonchev–Trinajstić information content (AvgIpc) is 2.98. The summed E-state index contributed by atoms with van der Waals surface area (Å²) in [5.74, 6) is -0.324. The zero-order chi connectivity index (χ0) is 33.5. The van der Waals surface area contributed by atoms with Crippen LogP contribution in [0.25, 0.3) is 0 Å². The normalized spacial score (nSPS) is 14.2. The lowest BCUT2D eigenvalue weighted by molar-refractivity contribution is -0.870. The number of rotatable bonds is 34. The lowest BCUT2D eigenvalue weighted by Crippen LogP contribution is -2.37. The van der Waals surface area contributed by atoms with E-state index < -0.39 is 13.9 Å². The Kier molecular flexibility index (Phi) is 30.0. The van der Waals surface area contributed by atoms with Gasteiger partial charge in [0.1, 0.15) is 19.3 Å². The third kappa shape index (κ3) is 34.4. The van der Waals surface area contributed by atoms with Gasteiger partial charge in [0.05, 0.1) is 34.4 Å². The molecule has 1 N–H and O–H groups in total. The summed E-state index contributed by atoms with van der Waals surface area (Å²) < 4.78 is 34.7. The molecule has 0 radical (unpaired) electrons. The number of carbonyl (C=O) groups excluding carboxylic acids is 1. The highest BCUT2D eigenvalue weighted by Gasteiger charge is 2.26. The van der Waals surface area contributed by atoms with Crippen LogP contribution in [0.5, 0.6) is 0 Å². The molecule has 0 aliphatic heterocycles. The Morgan fingerprint density at radius 1 is 0.667 bits per heavy atom. The summed E-state index contributed by atoms with van der Waals surface area (Å²) in [4.78, 5) is 22.7. The van der Waals surface area contributed by atoms with Crippen molar-refractivity contribution in [2.24, 2.45) is 0 Å². The maximum absolute atomic E-state index is 12.6. The Balaban J connectivity index is 4.24. The van der Waals surface area contributed by atoms with Crippen molar-refractivity contribution in [1.82, 2.24) is 0 Å². The summed E-state index contributed by atoms with van der Waals surface area (Å²) in [6.45, 7) is 5.58. The van der Waals surface area contributed by atoms with Gasteiger partial charge in [-0.25, -0.2) is 4.57 Å². The van der Waals surface area contributed by atoms with Crippen LogP contribution >= 0.6 is 7.82 Å². The Bertz CT molecular complexity index is 741. The van der Waals surface area contributed by atoms with Gasteiger partial charge >= 0.3 is 13.8 Å². The van der Waals surface area contributed by atoms with E-state index in [2.05, 4.69) is 26.0 Å². The lowest BCUT2D eigenvalue weighted by atomic mass is 10.1. The van der Waals surface area contributed by atoms with Crippen LogP contribution in [0.15, 0.2) is 12.2 Å². The van der Waals surface area contributed by atoms with E-state index in [1.807, 2.05) is 21.1 Å². The molecule has 0 amide bonds. The highest BCUT2D eigenvalue weighted by atomic mass is 31.2. The Hall–Kier alpha value is -0.760. The standard InChI is InChI=1S/C36H72NO7P/c1-6-8-10-12-14-15-16-17-18-19-20-21-22-23-25-27-29-36(38)44-35(33-41-31-28-26-24-13-11-9-7-2)34-43-45(39,40)42-32-30-37(3,4)5/h18-19,35H,6-17,20-34H2,1-5H3/p+1/b19-18-. The molecule has 0 fully saturated rings. The molecule has 45 heavy (non-hydrogen) atoms. The van der Waals surface area contributed by atoms with Crippen LogP contribution in [-0.4, -0.2) is 75.6 Å². The molecule has 0 bridgehead atoms. The van der Waals surface area contributed by atoms with E-state index in [4.69, 9.17) is 18.5 Å². The van der Waals surface area contributed by atoms with Crippen molar-refractivity contribution in [3.05, 3.63) is 12.2 Å². The summed E-state index contributed by atoms with van der Waals surface area (Å²) in [5, 5.41) is 0. The highest BCUT2D eigenvalue weighted by Crippen LogP contribution is 2.43. The smallest absolute Gasteiger partial charge is 0.457 e. The van der Waals surface area contributed by atoms with Crippen LogP contribution in [0.3, 0.4) is 0 Å². The third-order valence-corrected chi connectivity index (χ3v) is 8.81. The number of hydrogen-bond acceptors (Lipinski definition) is 6. The van der Waals surface area contributed by atoms with E-state index in [1.54, 1.807) is 0 Å². The van der Waals surface area contributed by atoms with Gasteiger partial charge in [-0.1, -0.05) is 122 Å². The van der Waals surface area contributed by atoms with Crippen molar-refractivity contribution in [3.63, 3.8) is 0 Å². The maximum atomic E-state index is 12.6. The number of quaternary nitrogens is 1. The molecular formula is C36H73NO7P+. The van der Waals surface area contributed by atoms with E-state index >= 15 is 0 Å². The minimum absolute atomic E-state index is 0.0893. The predicted octanol–water partition coefficient (Wildman–Crippen LogP) is 9.93. The molecule has 0 aliphatic rings.